The van der Waals surface area contributed by atoms with Gasteiger partial charge >= 0.3 is 0 Å². The van der Waals surface area contributed by atoms with Crippen LogP contribution >= 0.6 is 0 Å². The van der Waals surface area contributed by atoms with Crippen molar-refractivity contribution in [3.05, 3.63) is 0 Å². The second-order valence-electron chi connectivity index (χ2n) is 4.92. The van der Waals surface area contributed by atoms with Crippen molar-refractivity contribution in [3.63, 3.8) is 0 Å². The zero-order chi connectivity index (χ0) is 12.8. The van der Waals surface area contributed by atoms with Gasteiger partial charge in [0.1, 0.15) is 0 Å². The molecule has 0 aromatic heterocycles. The molecule has 1 saturated heterocycles. The van der Waals surface area contributed by atoms with Gasteiger partial charge in [-0.3, -0.25) is 9.69 Å². The van der Waals surface area contributed by atoms with Crippen molar-refractivity contribution in [2.45, 2.75) is 32.9 Å². The molecule has 1 aliphatic rings. The van der Waals surface area contributed by atoms with Crippen molar-refractivity contribution < 1.29 is 9.53 Å². The SMILES string of the molecule is CCN1CCOC(CNC(C(N)=O)C(C)C)C1. The lowest BCUT2D eigenvalue weighted by Gasteiger charge is -2.33. The van der Waals surface area contributed by atoms with Crippen LogP contribution in [0.4, 0.5) is 0 Å². The zero-order valence-electron chi connectivity index (χ0n) is 11.1. The molecular formula is C12H25N3O2. The Morgan fingerprint density at radius 1 is 1.59 bits per heavy atom. The lowest BCUT2D eigenvalue weighted by molar-refractivity contribution is -0.121. The number of nitrogens with zero attached hydrogens (tertiary/aromatic N) is 1. The molecule has 0 spiro atoms. The highest BCUT2D eigenvalue weighted by atomic mass is 16.5. The Labute approximate surface area is 104 Å². The molecule has 0 bridgehead atoms. The monoisotopic (exact) mass is 243 g/mol. The first-order valence-electron chi connectivity index (χ1n) is 6.41. The first-order valence-corrected chi connectivity index (χ1v) is 6.41. The largest absolute Gasteiger partial charge is 0.374 e. The first-order chi connectivity index (χ1) is 8.04. The van der Waals surface area contributed by atoms with Gasteiger partial charge in [-0.25, -0.2) is 0 Å². The van der Waals surface area contributed by atoms with Gasteiger partial charge in [0.2, 0.25) is 5.91 Å². The summed E-state index contributed by atoms with van der Waals surface area (Å²) in [5.74, 6) is -0.0819. The molecule has 0 aliphatic carbocycles. The molecular weight excluding hydrogens is 218 g/mol. The predicted octanol–water partition coefficient (Wildman–Crippen LogP) is -0.193. The molecule has 2 atom stereocenters. The van der Waals surface area contributed by atoms with Crippen LogP contribution in [0.1, 0.15) is 20.8 Å². The van der Waals surface area contributed by atoms with Crippen LogP contribution in [0.15, 0.2) is 0 Å². The van der Waals surface area contributed by atoms with Gasteiger partial charge in [-0.15, -0.1) is 0 Å². The van der Waals surface area contributed by atoms with Crippen molar-refractivity contribution in [2.75, 3.05) is 32.8 Å². The topological polar surface area (TPSA) is 67.6 Å². The van der Waals surface area contributed by atoms with Crippen LogP contribution in [0.3, 0.4) is 0 Å². The second kappa shape index (κ2) is 6.93. The van der Waals surface area contributed by atoms with Crippen molar-refractivity contribution in [2.24, 2.45) is 11.7 Å². The van der Waals surface area contributed by atoms with E-state index in [1.54, 1.807) is 0 Å². The van der Waals surface area contributed by atoms with Crippen LogP contribution < -0.4 is 11.1 Å². The Morgan fingerprint density at radius 2 is 2.29 bits per heavy atom. The summed E-state index contributed by atoms with van der Waals surface area (Å²) in [4.78, 5) is 13.6. The third kappa shape index (κ3) is 4.61. The number of primary amides is 1. The van der Waals surface area contributed by atoms with Crippen molar-refractivity contribution in [1.29, 1.82) is 0 Å². The fraction of sp³-hybridized carbons (Fsp3) is 0.917. The zero-order valence-corrected chi connectivity index (χ0v) is 11.1. The van der Waals surface area contributed by atoms with Gasteiger partial charge in [-0.2, -0.15) is 0 Å². The number of nitrogens with two attached hydrogens (primary N) is 1. The number of carbonyl (C=O) groups is 1. The number of ether oxygens (including phenoxy) is 1. The van der Waals surface area contributed by atoms with Gasteiger partial charge in [0.15, 0.2) is 0 Å². The summed E-state index contributed by atoms with van der Waals surface area (Å²) in [5.41, 5.74) is 5.35. The van der Waals surface area contributed by atoms with Gasteiger partial charge < -0.3 is 15.8 Å². The molecule has 100 valence electrons. The van der Waals surface area contributed by atoms with E-state index in [1.807, 2.05) is 13.8 Å². The molecule has 0 saturated carbocycles. The highest BCUT2D eigenvalue weighted by Crippen LogP contribution is 2.06. The van der Waals surface area contributed by atoms with Crippen LogP contribution in [0, 0.1) is 5.92 Å². The van der Waals surface area contributed by atoms with Gasteiger partial charge in [0.25, 0.3) is 0 Å². The summed E-state index contributed by atoms with van der Waals surface area (Å²) in [6, 6.07) is -0.268. The molecule has 5 heteroatoms. The van der Waals surface area contributed by atoms with E-state index in [-0.39, 0.29) is 24.0 Å². The Kier molecular flexibility index (Phi) is 5.88. The molecule has 2 unspecified atom stereocenters. The molecule has 5 nitrogen and oxygen atoms in total. The minimum Gasteiger partial charge on any atom is -0.374 e. The van der Waals surface area contributed by atoms with Gasteiger partial charge in [-0.1, -0.05) is 20.8 Å². The quantitative estimate of drug-likeness (QED) is 0.678. The predicted molar refractivity (Wildman–Crippen MR) is 67.7 cm³/mol. The Morgan fingerprint density at radius 3 is 2.82 bits per heavy atom. The summed E-state index contributed by atoms with van der Waals surface area (Å²) in [5, 5.41) is 3.21. The molecule has 17 heavy (non-hydrogen) atoms. The third-order valence-corrected chi connectivity index (χ3v) is 3.21. The standard InChI is InChI=1S/C12H25N3O2/c1-4-15-5-6-17-10(8-15)7-14-11(9(2)3)12(13)16/h9-11,14H,4-8H2,1-3H3,(H2,13,16). The highest BCUT2D eigenvalue weighted by Gasteiger charge is 2.23. The number of hydrogen-bond donors (Lipinski definition) is 2. The van der Waals surface area contributed by atoms with E-state index in [9.17, 15) is 4.79 Å². The first kappa shape index (κ1) is 14.4. The molecule has 0 radical (unpaired) electrons. The number of nitrogens with one attached hydrogen (secondary N) is 1. The highest BCUT2D eigenvalue weighted by molar-refractivity contribution is 5.80. The van der Waals surface area contributed by atoms with Gasteiger partial charge in [0.05, 0.1) is 18.8 Å². The Hall–Kier alpha value is -0.650. The Balaban J connectivity index is 2.35. The van der Waals surface area contributed by atoms with E-state index in [4.69, 9.17) is 10.5 Å². The van der Waals surface area contributed by atoms with E-state index in [0.29, 0.717) is 6.54 Å². The van der Waals surface area contributed by atoms with Crippen LogP contribution in [0.5, 0.6) is 0 Å². The molecule has 1 amide bonds. The van der Waals surface area contributed by atoms with Crippen LogP contribution in [0.2, 0.25) is 0 Å². The van der Waals surface area contributed by atoms with E-state index < -0.39 is 0 Å². The third-order valence-electron chi connectivity index (χ3n) is 3.21. The van der Waals surface area contributed by atoms with E-state index in [0.717, 1.165) is 26.2 Å². The van der Waals surface area contributed by atoms with Crippen molar-refractivity contribution >= 4 is 5.91 Å². The normalized spacial score (nSPS) is 23.9. The minimum atomic E-state index is -0.289. The number of likely N-dealkylation sites (N-methyl/N-ethyl adjacent to an activating group) is 1. The molecule has 1 rings (SSSR count). The summed E-state index contributed by atoms with van der Waals surface area (Å²) >= 11 is 0. The Bertz CT molecular complexity index is 246. The van der Waals surface area contributed by atoms with E-state index >= 15 is 0 Å². The summed E-state index contributed by atoms with van der Waals surface area (Å²) in [7, 11) is 0. The van der Waals surface area contributed by atoms with Gasteiger partial charge in [-0.05, 0) is 12.5 Å². The van der Waals surface area contributed by atoms with Crippen LogP contribution in [0.25, 0.3) is 0 Å². The molecule has 0 aromatic rings. The maximum absolute atomic E-state index is 11.2. The molecule has 1 aliphatic heterocycles. The van der Waals surface area contributed by atoms with Crippen LogP contribution in [-0.4, -0.2) is 55.7 Å². The summed E-state index contributed by atoms with van der Waals surface area (Å²) in [6.45, 7) is 10.5. The molecule has 1 fully saturated rings. The number of rotatable bonds is 6. The lowest BCUT2D eigenvalue weighted by atomic mass is 10.0. The minimum absolute atomic E-state index is 0.157. The fourth-order valence-electron chi connectivity index (χ4n) is 2.11. The van der Waals surface area contributed by atoms with E-state index in [2.05, 4.69) is 17.1 Å². The van der Waals surface area contributed by atoms with E-state index in [1.165, 1.54) is 0 Å². The molecule has 0 aromatic carbocycles. The average Bonchev–Trinajstić information content (AvgIpc) is 2.28. The second-order valence-corrected chi connectivity index (χ2v) is 4.92. The molecule has 1 heterocycles. The maximum atomic E-state index is 11.2. The maximum Gasteiger partial charge on any atom is 0.234 e. The number of carbonyl (C=O) groups excluding carboxylic acids is 1. The smallest absolute Gasteiger partial charge is 0.234 e. The lowest BCUT2D eigenvalue weighted by Crippen LogP contribution is -2.52. The average molecular weight is 243 g/mol. The van der Waals surface area contributed by atoms with Crippen molar-refractivity contribution in [1.82, 2.24) is 10.2 Å². The fourth-order valence-corrected chi connectivity index (χ4v) is 2.11. The number of morpholine rings is 1. The summed E-state index contributed by atoms with van der Waals surface area (Å²) in [6.07, 6.45) is 0.157. The van der Waals surface area contributed by atoms with Gasteiger partial charge in [0, 0.05) is 19.6 Å². The summed E-state index contributed by atoms with van der Waals surface area (Å²) < 4.78 is 5.66. The number of amides is 1. The van der Waals surface area contributed by atoms with Crippen molar-refractivity contribution in [3.8, 4) is 0 Å². The number of hydrogen-bond acceptors (Lipinski definition) is 4. The van der Waals surface area contributed by atoms with Crippen LogP contribution in [-0.2, 0) is 9.53 Å². The molecule has 3 N–H and O–H groups in total.